The van der Waals surface area contributed by atoms with Gasteiger partial charge in [-0.15, -0.1) is 0 Å². The van der Waals surface area contributed by atoms with Crippen molar-refractivity contribution >= 4 is 11.7 Å². The van der Waals surface area contributed by atoms with Gasteiger partial charge in [0.05, 0.1) is 30.2 Å². The van der Waals surface area contributed by atoms with E-state index >= 15 is 0 Å². The summed E-state index contributed by atoms with van der Waals surface area (Å²) < 4.78 is 16.4. The Balaban J connectivity index is 0.000000898. The number of nitro benzene ring substituents is 1. The third-order valence-corrected chi connectivity index (χ3v) is 7.69. The number of hydrogen-bond donors (Lipinski definition) is 1. The summed E-state index contributed by atoms with van der Waals surface area (Å²) in [5.41, 5.74) is 4.33. The average molecular weight is 742 g/mol. The van der Waals surface area contributed by atoms with E-state index in [4.69, 9.17) is 9.47 Å². The van der Waals surface area contributed by atoms with Crippen molar-refractivity contribution in [2.75, 3.05) is 13.9 Å². The first-order valence-corrected chi connectivity index (χ1v) is 18.9. The minimum atomic E-state index is -0.878. The van der Waals surface area contributed by atoms with Crippen LogP contribution < -0.4 is 4.74 Å². The second-order valence-corrected chi connectivity index (χ2v) is 11.5. The first kappa shape index (κ1) is 49.0. The van der Waals surface area contributed by atoms with Crippen LogP contribution in [-0.2, 0) is 27.1 Å². The number of esters is 1. The molecule has 0 aliphatic rings. The van der Waals surface area contributed by atoms with E-state index in [0.29, 0.717) is 12.4 Å². The fourth-order valence-corrected chi connectivity index (χ4v) is 4.97. The van der Waals surface area contributed by atoms with Crippen molar-refractivity contribution in [1.82, 2.24) is 0 Å². The Morgan fingerprint density at radius 1 is 0.852 bits per heavy atom. The lowest BCUT2D eigenvalue weighted by Crippen LogP contribution is -2.29. The third-order valence-electron chi connectivity index (χ3n) is 7.69. The highest BCUT2D eigenvalue weighted by molar-refractivity contribution is 5.73. The molecule has 0 heterocycles. The summed E-state index contributed by atoms with van der Waals surface area (Å²) in [6, 6.07) is 35.1. The number of hydrogen-bond acceptors (Lipinski definition) is 7. The lowest BCUT2D eigenvalue weighted by atomic mass is 9.95. The van der Waals surface area contributed by atoms with E-state index in [1.807, 2.05) is 65.0 Å². The summed E-state index contributed by atoms with van der Waals surface area (Å²) in [6.07, 6.45) is 9.37. The monoisotopic (exact) mass is 741 g/mol. The van der Waals surface area contributed by atoms with Gasteiger partial charge in [-0.05, 0) is 73.9 Å². The summed E-state index contributed by atoms with van der Waals surface area (Å²) in [5.74, 6) is -0.415. The minimum Gasteiger partial charge on any atom is -0.469 e. The largest absolute Gasteiger partial charge is 0.469 e. The molecule has 0 aliphatic heterocycles. The number of aliphatic hydroxyl groups excluding tert-OH is 1. The maximum atomic E-state index is 11.5. The molecule has 0 saturated carbocycles. The van der Waals surface area contributed by atoms with Crippen LogP contribution >= 0.6 is 0 Å². The van der Waals surface area contributed by atoms with E-state index in [9.17, 15) is 20.0 Å². The summed E-state index contributed by atoms with van der Waals surface area (Å²) in [4.78, 5) is 21.6. The summed E-state index contributed by atoms with van der Waals surface area (Å²) >= 11 is 0. The van der Waals surface area contributed by atoms with Crippen LogP contribution in [0.2, 0.25) is 0 Å². The zero-order valence-electron chi connectivity index (χ0n) is 33.7. The summed E-state index contributed by atoms with van der Waals surface area (Å²) in [7, 11) is 1.24. The minimum absolute atomic E-state index is 0.0401. The number of rotatable bonds is 16. The van der Waals surface area contributed by atoms with Gasteiger partial charge in [-0.1, -0.05) is 151 Å². The van der Waals surface area contributed by atoms with E-state index < -0.39 is 22.9 Å². The molecule has 3 atom stereocenters. The summed E-state index contributed by atoms with van der Waals surface area (Å²) in [6.45, 7) is 17.4. The molecular weight excluding hydrogens is 679 g/mol. The van der Waals surface area contributed by atoms with Crippen LogP contribution in [0, 0.1) is 16.0 Å². The van der Waals surface area contributed by atoms with Crippen molar-refractivity contribution in [2.24, 2.45) is 5.92 Å². The van der Waals surface area contributed by atoms with Gasteiger partial charge in [0.25, 0.3) is 5.69 Å². The Bertz CT molecular complexity index is 1560. The maximum Gasteiger partial charge on any atom is 0.311 e. The van der Waals surface area contributed by atoms with Gasteiger partial charge in [-0.2, -0.15) is 0 Å². The number of ether oxygens (including phenoxy) is 3. The predicted molar refractivity (Wildman–Crippen MR) is 224 cm³/mol. The highest BCUT2D eigenvalue weighted by Gasteiger charge is 2.25. The van der Waals surface area contributed by atoms with E-state index in [-0.39, 0.29) is 18.2 Å². The topological polar surface area (TPSA) is 108 Å². The molecule has 1 N–H and O–H groups in total. The van der Waals surface area contributed by atoms with Gasteiger partial charge in [0, 0.05) is 12.1 Å². The van der Waals surface area contributed by atoms with Crippen LogP contribution in [0.15, 0.2) is 134 Å². The molecule has 8 heteroatoms. The van der Waals surface area contributed by atoms with Gasteiger partial charge in [0.2, 0.25) is 0 Å². The van der Waals surface area contributed by atoms with Crippen LogP contribution in [0.25, 0.3) is 11.1 Å². The number of aliphatic hydroxyl groups is 1. The Labute approximate surface area is 324 Å². The van der Waals surface area contributed by atoms with Gasteiger partial charge >= 0.3 is 5.97 Å². The highest BCUT2D eigenvalue weighted by Crippen LogP contribution is 2.23. The number of carbonyl (C=O) groups excluding carboxylic acids is 1. The quantitative estimate of drug-likeness (QED) is 0.0400. The van der Waals surface area contributed by atoms with Crippen LogP contribution in [0.5, 0.6) is 5.75 Å². The zero-order valence-corrected chi connectivity index (χ0v) is 33.7. The molecule has 4 aromatic rings. The van der Waals surface area contributed by atoms with Crippen LogP contribution in [0.1, 0.15) is 78.9 Å². The van der Waals surface area contributed by atoms with Gasteiger partial charge in [0.1, 0.15) is 5.75 Å². The lowest BCUT2D eigenvalue weighted by molar-refractivity contribution is -0.384. The fourth-order valence-electron chi connectivity index (χ4n) is 4.97. The Hall–Kier alpha value is -5.05. The molecule has 8 nitrogen and oxygen atoms in total. The normalized spacial score (nSPS) is 11.6. The number of methoxy groups -OCH3 is 1. The molecule has 54 heavy (non-hydrogen) atoms. The van der Waals surface area contributed by atoms with Crippen molar-refractivity contribution < 1.29 is 29.0 Å². The number of allylic oxidation sites excluding steroid dienone is 3. The fraction of sp³-hybridized carbons (Fsp3) is 0.370. The molecule has 4 rings (SSSR count). The number of nitrogens with zero attached hydrogens (tertiary/aromatic N) is 1. The molecule has 0 radical (unpaired) electrons. The molecule has 0 saturated heterocycles. The number of nitro groups is 1. The van der Waals surface area contributed by atoms with E-state index in [1.165, 1.54) is 42.9 Å². The molecule has 0 aromatic heterocycles. The predicted octanol–water partition coefficient (Wildman–Crippen LogP) is 11.6. The van der Waals surface area contributed by atoms with Gasteiger partial charge < -0.3 is 19.3 Å². The average Bonchev–Trinajstić information content (AvgIpc) is 3.22. The maximum absolute atomic E-state index is 11.5. The van der Waals surface area contributed by atoms with Crippen LogP contribution in [0.4, 0.5) is 5.69 Å². The smallest absolute Gasteiger partial charge is 0.311 e. The van der Waals surface area contributed by atoms with E-state index in [0.717, 1.165) is 31.4 Å². The number of carbonyl (C=O) groups is 1. The van der Waals surface area contributed by atoms with Gasteiger partial charge in [0.15, 0.2) is 6.79 Å². The molecule has 294 valence electrons. The van der Waals surface area contributed by atoms with Crippen molar-refractivity contribution in [3.63, 3.8) is 0 Å². The zero-order chi connectivity index (χ0) is 40.6. The van der Waals surface area contributed by atoms with Crippen molar-refractivity contribution in [3.05, 3.63) is 155 Å². The molecular formula is C46H63NO7. The lowest BCUT2D eigenvalue weighted by Gasteiger charge is -2.18. The third kappa shape index (κ3) is 20.9. The molecule has 3 unspecified atom stereocenters. The van der Waals surface area contributed by atoms with Crippen LogP contribution in [0.3, 0.4) is 0 Å². The second-order valence-electron chi connectivity index (χ2n) is 11.5. The molecule has 0 fully saturated rings. The molecule has 0 aliphatic carbocycles. The standard InChI is InChI=1S/C25H28O2.C12H15NO5.C5H8.2C2H6/c1-2-9-24(17-14-21-10-5-3-6-11-21)26-20-27-25-18-15-23(16-19-25)22-12-7-4-8-13-22;1-8(14)11(12(15)18-2)7-9-4-3-5-10(6-9)13(16)17;1-3-5-4-2;2*1-2/h3-8,10-13,15-16,18-19,24H,2,9,14,17,20H2,1H3;3-6,8,11,14H,7H2,1-2H3;3-5H,1H2,2H3;2*1-2H3/b;;5-4-;;. The van der Waals surface area contributed by atoms with E-state index in [2.05, 4.69) is 85.0 Å². The number of benzene rings is 4. The SMILES string of the molecule is C=C/C=C\C.CC.CC.CCCC(CCc1ccccc1)OCOc1ccc(-c2ccccc2)cc1.COC(=O)C(Cc1cccc([N+](=O)[O-])c1)C(C)O. The Morgan fingerprint density at radius 3 is 1.93 bits per heavy atom. The molecule has 0 bridgehead atoms. The molecule has 0 spiro atoms. The number of non-ortho nitro benzene ring substituents is 1. The molecule has 0 amide bonds. The van der Waals surface area contributed by atoms with Crippen molar-refractivity contribution in [2.45, 2.75) is 92.8 Å². The van der Waals surface area contributed by atoms with Gasteiger partial charge in [-0.25, -0.2) is 0 Å². The number of aryl methyl sites for hydroxylation is 1. The van der Waals surface area contributed by atoms with Gasteiger partial charge in [-0.3, -0.25) is 14.9 Å². The highest BCUT2D eigenvalue weighted by atomic mass is 16.7. The van der Waals surface area contributed by atoms with Crippen molar-refractivity contribution in [1.29, 1.82) is 0 Å². The second kappa shape index (κ2) is 31.5. The Kier molecular flexibility index (Phi) is 28.5. The first-order chi connectivity index (χ1) is 26.2. The van der Waals surface area contributed by atoms with Crippen molar-refractivity contribution in [3.8, 4) is 16.9 Å². The summed E-state index contributed by atoms with van der Waals surface area (Å²) in [5, 5.41) is 20.1. The van der Waals surface area contributed by atoms with Crippen LogP contribution in [-0.4, -0.2) is 42.1 Å². The molecule has 4 aromatic carbocycles. The van der Waals surface area contributed by atoms with E-state index in [1.54, 1.807) is 18.2 Å². The Morgan fingerprint density at radius 2 is 1.43 bits per heavy atom. The first-order valence-electron chi connectivity index (χ1n) is 18.9.